The maximum absolute atomic E-state index is 12.2. The minimum absolute atomic E-state index is 0.0253. The highest BCUT2D eigenvalue weighted by Crippen LogP contribution is 2.28. The van der Waals surface area contributed by atoms with Crippen molar-refractivity contribution in [3.8, 4) is 11.4 Å². The van der Waals surface area contributed by atoms with Crippen molar-refractivity contribution in [3.63, 3.8) is 0 Å². The van der Waals surface area contributed by atoms with E-state index in [1.165, 1.54) is 0 Å². The zero-order valence-electron chi connectivity index (χ0n) is 15.2. The van der Waals surface area contributed by atoms with Gasteiger partial charge in [-0.15, -0.1) is 11.3 Å². The first-order chi connectivity index (χ1) is 13.6. The van der Waals surface area contributed by atoms with E-state index in [2.05, 4.69) is 15.5 Å². The van der Waals surface area contributed by atoms with Crippen LogP contribution in [0.4, 0.5) is 0 Å². The second kappa shape index (κ2) is 7.77. The van der Waals surface area contributed by atoms with Crippen LogP contribution in [0.5, 0.6) is 0 Å². The molecular weight excluding hydrogens is 376 g/mol. The third-order valence-corrected chi connectivity index (χ3v) is 5.37. The quantitative estimate of drug-likeness (QED) is 0.672. The molecule has 0 atom stereocenters. The van der Waals surface area contributed by atoms with E-state index < -0.39 is 0 Å². The average Bonchev–Trinajstić information content (AvgIpc) is 3.37. The summed E-state index contributed by atoms with van der Waals surface area (Å²) in [5.41, 5.74) is 1.24. The van der Waals surface area contributed by atoms with E-state index in [0.29, 0.717) is 35.9 Å². The van der Waals surface area contributed by atoms with E-state index in [1.54, 1.807) is 47.6 Å². The topological polar surface area (TPSA) is 88.3 Å². The molecule has 7 nitrogen and oxygen atoms in total. The minimum Gasteiger partial charge on any atom is -0.355 e. The minimum atomic E-state index is -0.172. The van der Waals surface area contributed by atoms with E-state index in [-0.39, 0.29) is 17.7 Å². The van der Waals surface area contributed by atoms with E-state index in [4.69, 9.17) is 4.52 Å². The second-order valence-electron chi connectivity index (χ2n) is 6.41. The molecule has 0 spiro atoms. The van der Waals surface area contributed by atoms with Gasteiger partial charge < -0.3 is 14.7 Å². The summed E-state index contributed by atoms with van der Waals surface area (Å²) in [5.74, 6) is 0.772. The fraction of sp³-hybridized carbons (Fsp3) is 0.200. The maximum Gasteiger partial charge on any atom is 0.251 e. The Balaban J connectivity index is 1.38. The Morgan fingerprint density at radius 2 is 2.14 bits per heavy atom. The van der Waals surface area contributed by atoms with Gasteiger partial charge in [0, 0.05) is 42.2 Å². The molecule has 3 aromatic rings. The van der Waals surface area contributed by atoms with Gasteiger partial charge in [0.1, 0.15) is 0 Å². The number of amides is 2. The van der Waals surface area contributed by atoms with Crippen molar-refractivity contribution >= 4 is 29.2 Å². The zero-order valence-corrected chi connectivity index (χ0v) is 16.0. The third-order valence-electron chi connectivity index (χ3n) is 4.53. The van der Waals surface area contributed by atoms with E-state index in [9.17, 15) is 9.59 Å². The Morgan fingerprint density at radius 1 is 1.29 bits per heavy atom. The fourth-order valence-corrected chi connectivity index (χ4v) is 3.54. The SMILES string of the molecule is CNC(=O)c1cccc(-c2noc(C3CN(C(=O)C=Cc4cccs4)C3)n2)c1. The molecule has 28 heavy (non-hydrogen) atoms. The predicted molar refractivity (Wildman–Crippen MR) is 106 cm³/mol. The number of nitrogens with one attached hydrogen (secondary N) is 1. The fourth-order valence-electron chi connectivity index (χ4n) is 2.92. The molecular formula is C20H18N4O3S. The molecule has 1 aliphatic rings. The highest BCUT2D eigenvalue weighted by molar-refractivity contribution is 7.10. The number of benzene rings is 1. The Labute approximate surface area is 165 Å². The van der Waals surface area contributed by atoms with Gasteiger partial charge in [0.05, 0.1) is 5.92 Å². The molecule has 1 aliphatic heterocycles. The van der Waals surface area contributed by atoms with Gasteiger partial charge in [0.25, 0.3) is 5.91 Å². The van der Waals surface area contributed by atoms with Crippen LogP contribution in [0.1, 0.15) is 27.0 Å². The summed E-state index contributed by atoms with van der Waals surface area (Å²) in [7, 11) is 1.58. The molecule has 1 fully saturated rings. The lowest BCUT2D eigenvalue weighted by molar-refractivity contribution is -0.130. The van der Waals surface area contributed by atoms with Crippen LogP contribution in [0, 0.1) is 0 Å². The highest BCUT2D eigenvalue weighted by Gasteiger charge is 2.34. The summed E-state index contributed by atoms with van der Waals surface area (Å²) in [6.45, 7) is 1.10. The number of aromatic nitrogens is 2. The van der Waals surface area contributed by atoms with E-state index in [0.717, 1.165) is 4.88 Å². The van der Waals surface area contributed by atoms with Crippen molar-refractivity contribution in [2.45, 2.75) is 5.92 Å². The second-order valence-corrected chi connectivity index (χ2v) is 7.38. The highest BCUT2D eigenvalue weighted by atomic mass is 32.1. The first-order valence-electron chi connectivity index (χ1n) is 8.80. The Bertz CT molecular complexity index is 1020. The van der Waals surface area contributed by atoms with E-state index in [1.807, 2.05) is 29.7 Å². The van der Waals surface area contributed by atoms with Crippen LogP contribution in [0.2, 0.25) is 0 Å². The van der Waals surface area contributed by atoms with Gasteiger partial charge in [0.15, 0.2) is 0 Å². The van der Waals surface area contributed by atoms with Gasteiger partial charge >= 0.3 is 0 Å². The average molecular weight is 394 g/mol. The van der Waals surface area contributed by atoms with Crippen molar-refractivity contribution in [2.24, 2.45) is 0 Å². The molecule has 2 amide bonds. The Morgan fingerprint density at radius 3 is 2.89 bits per heavy atom. The van der Waals surface area contributed by atoms with Gasteiger partial charge in [-0.25, -0.2) is 0 Å². The first kappa shape index (κ1) is 18.1. The summed E-state index contributed by atoms with van der Waals surface area (Å²) in [6, 6.07) is 11.0. The normalized spacial score (nSPS) is 14.2. The van der Waals surface area contributed by atoms with Gasteiger partial charge in [-0.2, -0.15) is 4.98 Å². The molecule has 0 radical (unpaired) electrons. The lowest BCUT2D eigenvalue weighted by Crippen LogP contribution is -2.47. The Kier molecular flexibility index (Phi) is 5.03. The largest absolute Gasteiger partial charge is 0.355 e. The maximum atomic E-state index is 12.2. The zero-order chi connectivity index (χ0) is 19.5. The van der Waals surface area contributed by atoms with E-state index >= 15 is 0 Å². The summed E-state index contributed by atoms with van der Waals surface area (Å²) in [5, 5.41) is 8.59. The lowest BCUT2D eigenvalue weighted by Gasteiger charge is -2.36. The number of thiophene rings is 1. The summed E-state index contributed by atoms with van der Waals surface area (Å²) in [4.78, 5) is 31.2. The Hall–Kier alpha value is -3.26. The van der Waals surface area contributed by atoms with Crippen LogP contribution in [0.15, 0.2) is 52.4 Å². The standard InChI is InChI=1S/C20H18N4O3S/c1-21-19(26)14-5-2-4-13(10-14)18-22-20(27-23-18)15-11-24(12-15)17(25)8-7-16-6-3-9-28-16/h2-10,15H,11-12H2,1H3,(H,21,26). The van der Waals surface area contributed by atoms with Crippen molar-refractivity contribution < 1.29 is 14.1 Å². The molecule has 1 aromatic carbocycles. The van der Waals surface area contributed by atoms with Gasteiger partial charge in [-0.05, 0) is 29.7 Å². The van der Waals surface area contributed by atoms with Crippen LogP contribution < -0.4 is 5.32 Å². The van der Waals surface area contributed by atoms with Gasteiger partial charge in [0.2, 0.25) is 17.6 Å². The first-order valence-corrected chi connectivity index (χ1v) is 9.68. The molecule has 2 aromatic heterocycles. The molecule has 8 heteroatoms. The van der Waals surface area contributed by atoms with Crippen LogP contribution >= 0.6 is 11.3 Å². The molecule has 0 aliphatic carbocycles. The summed E-state index contributed by atoms with van der Waals surface area (Å²) in [6.07, 6.45) is 3.41. The number of rotatable bonds is 5. The van der Waals surface area contributed by atoms with Crippen LogP contribution in [0.25, 0.3) is 17.5 Å². The molecule has 0 bridgehead atoms. The number of hydrogen-bond acceptors (Lipinski definition) is 6. The summed E-state index contributed by atoms with van der Waals surface area (Å²) >= 11 is 1.59. The summed E-state index contributed by atoms with van der Waals surface area (Å²) < 4.78 is 5.38. The number of carbonyl (C=O) groups excluding carboxylic acids is 2. The van der Waals surface area contributed by atoms with Crippen LogP contribution in [-0.2, 0) is 4.79 Å². The predicted octanol–water partition coefficient (Wildman–Crippen LogP) is 2.80. The monoisotopic (exact) mass is 394 g/mol. The van der Waals surface area contributed by atoms with Crippen molar-refractivity contribution in [3.05, 3.63) is 64.2 Å². The van der Waals surface area contributed by atoms with Gasteiger partial charge in [-0.3, -0.25) is 9.59 Å². The lowest BCUT2D eigenvalue weighted by atomic mass is 10.00. The number of likely N-dealkylation sites (tertiary alicyclic amines) is 1. The molecule has 0 unspecified atom stereocenters. The molecule has 1 saturated heterocycles. The third kappa shape index (κ3) is 3.72. The molecule has 3 heterocycles. The smallest absolute Gasteiger partial charge is 0.251 e. The van der Waals surface area contributed by atoms with Crippen molar-refractivity contribution in [1.29, 1.82) is 0 Å². The number of carbonyl (C=O) groups is 2. The number of nitrogens with zero attached hydrogens (tertiary/aromatic N) is 3. The molecule has 1 N–H and O–H groups in total. The number of hydrogen-bond donors (Lipinski definition) is 1. The molecule has 4 rings (SSSR count). The van der Waals surface area contributed by atoms with Crippen molar-refractivity contribution in [1.82, 2.24) is 20.4 Å². The van der Waals surface area contributed by atoms with Crippen LogP contribution in [0.3, 0.4) is 0 Å². The molecule has 142 valence electrons. The molecule has 0 saturated carbocycles. The van der Waals surface area contributed by atoms with Gasteiger partial charge in [-0.1, -0.05) is 23.4 Å². The van der Waals surface area contributed by atoms with Crippen molar-refractivity contribution in [2.75, 3.05) is 20.1 Å². The van der Waals surface area contributed by atoms with Crippen LogP contribution in [-0.4, -0.2) is 47.0 Å².